The first-order valence-corrected chi connectivity index (χ1v) is 8.36. The molecule has 1 unspecified atom stereocenters. The van der Waals surface area contributed by atoms with Crippen molar-refractivity contribution >= 4 is 22.4 Å². The fourth-order valence-corrected chi connectivity index (χ4v) is 3.76. The van der Waals surface area contributed by atoms with Crippen molar-refractivity contribution in [2.75, 3.05) is 26.7 Å². The molecule has 1 atom stereocenters. The maximum atomic E-state index is 12.3. The van der Waals surface area contributed by atoms with Crippen LogP contribution in [0.1, 0.15) is 18.4 Å². The Kier molecular flexibility index (Phi) is 6.93. The van der Waals surface area contributed by atoms with E-state index in [4.69, 9.17) is 4.74 Å². The Morgan fingerprint density at radius 3 is 2.76 bits per heavy atom. The van der Waals surface area contributed by atoms with E-state index < -0.39 is 10.0 Å². The lowest BCUT2D eigenvalue weighted by Gasteiger charge is -2.12. The molecule has 21 heavy (non-hydrogen) atoms. The number of nitrogens with one attached hydrogen (secondary N) is 2. The Hall–Kier alpha value is -0.820. The second-order valence-corrected chi connectivity index (χ2v) is 6.91. The molecule has 1 heterocycles. The maximum Gasteiger partial charge on any atom is 0.240 e. The van der Waals surface area contributed by atoms with Gasteiger partial charge in [0.15, 0.2) is 0 Å². The number of halogens is 1. The zero-order valence-corrected chi connectivity index (χ0v) is 14.0. The first-order valence-electron chi connectivity index (χ1n) is 6.88. The summed E-state index contributed by atoms with van der Waals surface area (Å²) in [4.78, 5) is 0.322. The minimum atomic E-state index is -3.43. The third-order valence-electron chi connectivity index (χ3n) is 3.68. The highest BCUT2D eigenvalue weighted by Crippen LogP contribution is 2.21. The monoisotopic (exact) mass is 334 g/mol. The zero-order chi connectivity index (χ0) is 14.6. The van der Waals surface area contributed by atoms with E-state index in [9.17, 15) is 8.42 Å². The van der Waals surface area contributed by atoms with Gasteiger partial charge in [-0.15, -0.1) is 12.4 Å². The summed E-state index contributed by atoms with van der Waals surface area (Å²) in [6.07, 6.45) is 2.00. The number of benzene rings is 1. The summed E-state index contributed by atoms with van der Waals surface area (Å²) in [6, 6.07) is 4.99. The first-order chi connectivity index (χ1) is 9.53. The maximum absolute atomic E-state index is 12.3. The molecule has 1 aliphatic rings. The Bertz CT molecular complexity index is 557. The summed E-state index contributed by atoms with van der Waals surface area (Å²) >= 11 is 0. The average molecular weight is 335 g/mol. The van der Waals surface area contributed by atoms with E-state index in [1.165, 1.54) is 0 Å². The van der Waals surface area contributed by atoms with E-state index in [-0.39, 0.29) is 12.4 Å². The lowest BCUT2D eigenvalue weighted by molar-refractivity contribution is 0.414. The lowest BCUT2D eigenvalue weighted by atomic mass is 10.1. The van der Waals surface area contributed by atoms with Crippen molar-refractivity contribution in [3.05, 3.63) is 23.8 Å². The van der Waals surface area contributed by atoms with Crippen molar-refractivity contribution < 1.29 is 13.2 Å². The molecule has 0 aromatic heterocycles. The van der Waals surface area contributed by atoms with Crippen LogP contribution in [-0.2, 0) is 10.0 Å². The zero-order valence-electron chi connectivity index (χ0n) is 12.4. The number of hydrogen-bond acceptors (Lipinski definition) is 4. The number of hydrogen-bond donors (Lipinski definition) is 2. The minimum Gasteiger partial charge on any atom is -0.497 e. The van der Waals surface area contributed by atoms with E-state index >= 15 is 0 Å². The van der Waals surface area contributed by atoms with Crippen LogP contribution < -0.4 is 14.8 Å². The number of aryl methyl sites for hydroxylation is 1. The van der Waals surface area contributed by atoms with Crippen LogP contribution >= 0.6 is 12.4 Å². The lowest BCUT2D eigenvalue weighted by Crippen LogP contribution is -2.27. The fraction of sp³-hybridized carbons (Fsp3) is 0.571. The molecule has 0 aliphatic carbocycles. The molecule has 2 rings (SSSR count). The summed E-state index contributed by atoms with van der Waals surface area (Å²) in [5.74, 6) is 1.24. The first kappa shape index (κ1) is 18.2. The van der Waals surface area contributed by atoms with Gasteiger partial charge in [-0.25, -0.2) is 13.1 Å². The smallest absolute Gasteiger partial charge is 0.240 e. The van der Waals surface area contributed by atoms with Crippen LogP contribution in [0.25, 0.3) is 0 Å². The number of methoxy groups -OCH3 is 1. The quantitative estimate of drug-likeness (QED) is 0.831. The van der Waals surface area contributed by atoms with Gasteiger partial charge in [0.2, 0.25) is 10.0 Å². The van der Waals surface area contributed by atoms with Crippen LogP contribution in [0.5, 0.6) is 5.75 Å². The topological polar surface area (TPSA) is 67.4 Å². The van der Waals surface area contributed by atoms with Crippen molar-refractivity contribution in [2.45, 2.75) is 24.7 Å². The molecule has 7 heteroatoms. The highest BCUT2D eigenvalue weighted by Gasteiger charge is 2.19. The number of sulfonamides is 1. The molecule has 1 aromatic rings. The van der Waals surface area contributed by atoms with E-state index in [1.807, 2.05) is 0 Å². The molecular weight excluding hydrogens is 312 g/mol. The highest BCUT2D eigenvalue weighted by molar-refractivity contribution is 7.89. The molecule has 0 amide bonds. The number of ether oxygens (including phenoxy) is 1. The van der Waals surface area contributed by atoms with E-state index in [1.54, 1.807) is 32.2 Å². The Balaban J connectivity index is 0.00000220. The summed E-state index contributed by atoms with van der Waals surface area (Å²) in [5.41, 5.74) is 0.694. The van der Waals surface area contributed by atoms with Gasteiger partial charge in [-0.2, -0.15) is 0 Å². The predicted octanol–water partition coefficient (Wildman–Crippen LogP) is 1.70. The van der Waals surface area contributed by atoms with Gasteiger partial charge in [-0.3, -0.25) is 0 Å². The Morgan fingerprint density at radius 1 is 1.43 bits per heavy atom. The SMILES string of the molecule is COc1ccc(S(=O)(=O)NCCC2CCNC2)c(C)c1.Cl. The van der Waals surface area contributed by atoms with E-state index in [0.717, 1.165) is 25.9 Å². The molecule has 1 aliphatic heterocycles. The Labute approximate surface area is 132 Å². The predicted molar refractivity (Wildman–Crippen MR) is 85.8 cm³/mol. The van der Waals surface area contributed by atoms with Gasteiger partial charge >= 0.3 is 0 Å². The van der Waals surface area contributed by atoms with Crippen LogP contribution in [0.2, 0.25) is 0 Å². The van der Waals surface area contributed by atoms with E-state index in [2.05, 4.69) is 10.0 Å². The van der Waals surface area contributed by atoms with Crippen molar-refractivity contribution in [3.63, 3.8) is 0 Å². The molecule has 1 saturated heterocycles. The fourth-order valence-electron chi connectivity index (χ4n) is 2.49. The van der Waals surface area contributed by atoms with E-state index in [0.29, 0.717) is 28.7 Å². The van der Waals surface area contributed by atoms with Gasteiger partial charge in [0.05, 0.1) is 12.0 Å². The average Bonchev–Trinajstić information content (AvgIpc) is 2.91. The normalized spacial score (nSPS) is 18.3. The van der Waals surface area contributed by atoms with Crippen LogP contribution in [0.4, 0.5) is 0 Å². The van der Waals surface area contributed by atoms with Gasteiger partial charge in [0.25, 0.3) is 0 Å². The third kappa shape index (κ3) is 4.85. The molecule has 5 nitrogen and oxygen atoms in total. The van der Waals surface area contributed by atoms with Gasteiger partial charge < -0.3 is 10.1 Å². The molecule has 120 valence electrons. The summed E-state index contributed by atoms with van der Waals surface area (Å²) in [6.45, 7) is 4.29. The van der Waals surface area contributed by atoms with Crippen molar-refractivity contribution in [1.82, 2.24) is 10.0 Å². The van der Waals surface area contributed by atoms with Gasteiger partial charge in [-0.05, 0) is 62.5 Å². The van der Waals surface area contributed by atoms with Crippen LogP contribution in [0.3, 0.4) is 0 Å². The molecule has 1 aromatic carbocycles. The molecule has 2 N–H and O–H groups in total. The largest absolute Gasteiger partial charge is 0.497 e. The van der Waals surface area contributed by atoms with Crippen molar-refractivity contribution in [1.29, 1.82) is 0 Å². The second kappa shape index (κ2) is 7.98. The standard InChI is InChI=1S/C14H22N2O3S.ClH/c1-11-9-13(19-2)3-4-14(11)20(17,18)16-8-6-12-5-7-15-10-12;/h3-4,9,12,15-16H,5-8,10H2,1-2H3;1H. The second-order valence-electron chi connectivity index (χ2n) is 5.18. The molecule has 0 radical (unpaired) electrons. The van der Waals surface area contributed by atoms with Crippen molar-refractivity contribution in [2.24, 2.45) is 5.92 Å². The minimum absolute atomic E-state index is 0. The third-order valence-corrected chi connectivity index (χ3v) is 5.30. The van der Waals surface area contributed by atoms with Gasteiger partial charge in [0, 0.05) is 6.54 Å². The molecular formula is C14H23ClN2O3S. The van der Waals surface area contributed by atoms with Crippen LogP contribution in [0.15, 0.2) is 23.1 Å². The Morgan fingerprint density at radius 2 is 2.19 bits per heavy atom. The van der Waals surface area contributed by atoms with Gasteiger partial charge in [0.1, 0.15) is 5.75 Å². The van der Waals surface area contributed by atoms with Crippen molar-refractivity contribution in [3.8, 4) is 5.75 Å². The molecule has 1 fully saturated rings. The van der Waals surface area contributed by atoms with Crippen LogP contribution in [-0.4, -0.2) is 35.2 Å². The molecule has 0 bridgehead atoms. The van der Waals surface area contributed by atoms with Crippen LogP contribution in [0, 0.1) is 12.8 Å². The highest BCUT2D eigenvalue weighted by atomic mass is 35.5. The molecule has 0 saturated carbocycles. The number of rotatable bonds is 6. The summed E-state index contributed by atoms with van der Waals surface area (Å²) in [7, 11) is -1.87. The summed E-state index contributed by atoms with van der Waals surface area (Å²) in [5, 5.41) is 3.28. The summed E-state index contributed by atoms with van der Waals surface area (Å²) < 4.78 is 32.3. The molecule has 0 spiro atoms. The van der Waals surface area contributed by atoms with Gasteiger partial charge in [-0.1, -0.05) is 0 Å².